The van der Waals surface area contributed by atoms with Gasteiger partial charge in [-0.15, -0.1) is 0 Å². The van der Waals surface area contributed by atoms with Gasteiger partial charge in [0.2, 0.25) is 0 Å². The summed E-state index contributed by atoms with van der Waals surface area (Å²) in [5.74, 6) is 0. The van der Waals surface area contributed by atoms with E-state index in [9.17, 15) is 0 Å². The number of benzene rings is 1. The van der Waals surface area contributed by atoms with Gasteiger partial charge in [-0.25, -0.2) is 0 Å². The SMILES string of the molecule is CCCNC(Cc1ccn(C)n1)c1cc(C)cc(Cl)c1. The monoisotopic (exact) mass is 291 g/mol. The number of nitrogens with one attached hydrogen (secondary N) is 1. The zero-order valence-corrected chi connectivity index (χ0v) is 13.1. The van der Waals surface area contributed by atoms with Gasteiger partial charge >= 0.3 is 0 Å². The Bertz CT molecular complexity index is 542. The molecule has 0 spiro atoms. The summed E-state index contributed by atoms with van der Waals surface area (Å²) < 4.78 is 1.84. The quantitative estimate of drug-likeness (QED) is 0.880. The van der Waals surface area contributed by atoms with Crippen LogP contribution in [-0.2, 0) is 13.5 Å². The minimum atomic E-state index is 0.252. The van der Waals surface area contributed by atoms with Crippen molar-refractivity contribution >= 4 is 11.6 Å². The van der Waals surface area contributed by atoms with Crippen LogP contribution in [0.1, 0.15) is 36.2 Å². The Labute approximate surface area is 126 Å². The lowest BCUT2D eigenvalue weighted by Crippen LogP contribution is -2.24. The third kappa shape index (κ3) is 4.09. The number of aryl methyl sites for hydroxylation is 2. The molecule has 20 heavy (non-hydrogen) atoms. The van der Waals surface area contributed by atoms with Crippen molar-refractivity contribution in [3.8, 4) is 0 Å². The molecule has 0 saturated carbocycles. The summed E-state index contributed by atoms with van der Waals surface area (Å²) in [6.07, 6.45) is 3.97. The first-order valence-electron chi connectivity index (χ1n) is 7.07. The largest absolute Gasteiger partial charge is 0.310 e. The molecule has 0 amide bonds. The smallest absolute Gasteiger partial charge is 0.0643 e. The number of hydrogen-bond acceptors (Lipinski definition) is 2. The van der Waals surface area contributed by atoms with Crippen LogP contribution in [0.5, 0.6) is 0 Å². The fourth-order valence-electron chi connectivity index (χ4n) is 2.37. The summed E-state index contributed by atoms with van der Waals surface area (Å²) in [5, 5.41) is 8.86. The average molecular weight is 292 g/mol. The highest BCUT2D eigenvalue weighted by atomic mass is 35.5. The fourth-order valence-corrected chi connectivity index (χ4v) is 2.67. The Hall–Kier alpha value is -1.32. The van der Waals surface area contributed by atoms with Crippen LogP contribution in [0.3, 0.4) is 0 Å². The van der Waals surface area contributed by atoms with Crippen LogP contribution in [0.4, 0.5) is 0 Å². The van der Waals surface area contributed by atoms with Crippen molar-refractivity contribution in [2.75, 3.05) is 6.54 Å². The van der Waals surface area contributed by atoms with Crippen LogP contribution in [-0.4, -0.2) is 16.3 Å². The number of rotatable bonds is 6. The molecule has 0 bridgehead atoms. The van der Waals surface area contributed by atoms with Gasteiger partial charge in [0.15, 0.2) is 0 Å². The highest BCUT2D eigenvalue weighted by Crippen LogP contribution is 2.23. The molecule has 0 aliphatic heterocycles. The van der Waals surface area contributed by atoms with Crippen LogP contribution >= 0.6 is 11.6 Å². The molecule has 3 nitrogen and oxygen atoms in total. The highest BCUT2D eigenvalue weighted by Gasteiger charge is 2.14. The third-order valence-corrected chi connectivity index (χ3v) is 3.51. The molecule has 0 saturated heterocycles. The van der Waals surface area contributed by atoms with E-state index in [2.05, 4.69) is 36.4 Å². The number of aromatic nitrogens is 2. The first kappa shape index (κ1) is 15.1. The summed E-state index contributed by atoms with van der Waals surface area (Å²) in [6.45, 7) is 5.24. The van der Waals surface area contributed by atoms with Gasteiger partial charge in [-0.3, -0.25) is 4.68 Å². The average Bonchev–Trinajstić information content (AvgIpc) is 2.79. The second-order valence-corrected chi connectivity index (χ2v) is 5.69. The molecule has 1 unspecified atom stereocenters. The van der Waals surface area contributed by atoms with Gasteiger partial charge in [0, 0.05) is 30.7 Å². The van der Waals surface area contributed by atoms with E-state index in [-0.39, 0.29) is 6.04 Å². The molecule has 2 aromatic rings. The first-order valence-corrected chi connectivity index (χ1v) is 7.45. The maximum Gasteiger partial charge on any atom is 0.0643 e. The Kier molecular flexibility index (Phi) is 5.21. The third-order valence-electron chi connectivity index (χ3n) is 3.29. The number of nitrogens with zero attached hydrogens (tertiary/aromatic N) is 2. The fraction of sp³-hybridized carbons (Fsp3) is 0.438. The lowest BCUT2D eigenvalue weighted by molar-refractivity contribution is 0.521. The van der Waals surface area contributed by atoms with E-state index >= 15 is 0 Å². The molecular formula is C16H22ClN3. The summed E-state index contributed by atoms with van der Waals surface area (Å²) in [7, 11) is 1.95. The van der Waals surface area contributed by atoms with Gasteiger partial charge in [0.25, 0.3) is 0 Å². The molecule has 1 N–H and O–H groups in total. The highest BCUT2D eigenvalue weighted by molar-refractivity contribution is 6.30. The van der Waals surface area contributed by atoms with E-state index in [1.165, 1.54) is 11.1 Å². The van der Waals surface area contributed by atoms with E-state index in [4.69, 9.17) is 11.6 Å². The molecule has 0 aliphatic carbocycles. The second-order valence-electron chi connectivity index (χ2n) is 5.25. The van der Waals surface area contributed by atoms with Crippen molar-refractivity contribution in [1.29, 1.82) is 0 Å². The van der Waals surface area contributed by atoms with Crippen molar-refractivity contribution in [2.45, 2.75) is 32.7 Å². The van der Waals surface area contributed by atoms with Gasteiger partial charge in [-0.2, -0.15) is 5.10 Å². The van der Waals surface area contributed by atoms with Crippen LogP contribution < -0.4 is 5.32 Å². The first-order chi connectivity index (χ1) is 9.58. The van der Waals surface area contributed by atoms with E-state index in [1.54, 1.807) is 0 Å². The molecule has 0 aliphatic rings. The van der Waals surface area contributed by atoms with Crippen LogP contribution in [0.2, 0.25) is 5.02 Å². The lowest BCUT2D eigenvalue weighted by Gasteiger charge is -2.19. The molecule has 108 valence electrons. The molecule has 2 rings (SSSR count). The predicted octanol–water partition coefficient (Wildman–Crippen LogP) is 3.67. The molecule has 1 heterocycles. The van der Waals surface area contributed by atoms with Crippen molar-refractivity contribution in [3.63, 3.8) is 0 Å². The summed E-state index contributed by atoms with van der Waals surface area (Å²) >= 11 is 6.19. The van der Waals surface area contributed by atoms with Crippen LogP contribution in [0.15, 0.2) is 30.5 Å². The molecule has 1 aromatic heterocycles. The Morgan fingerprint density at radius 1 is 1.35 bits per heavy atom. The van der Waals surface area contributed by atoms with Gasteiger partial charge in [0.05, 0.1) is 5.69 Å². The van der Waals surface area contributed by atoms with Crippen LogP contribution in [0.25, 0.3) is 0 Å². The maximum absolute atomic E-state index is 6.19. The van der Waals surface area contributed by atoms with Crippen LogP contribution in [0, 0.1) is 6.92 Å². The van der Waals surface area contributed by atoms with Gasteiger partial charge in [-0.1, -0.05) is 24.6 Å². The Morgan fingerprint density at radius 3 is 2.75 bits per heavy atom. The summed E-state index contributed by atoms with van der Waals surface area (Å²) in [6, 6.07) is 8.55. The maximum atomic E-state index is 6.19. The molecule has 1 atom stereocenters. The minimum absolute atomic E-state index is 0.252. The van der Waals surface area contributed by atoms with E-state index in [0.29, 0.717) is 0 Å². The molecule has 4 heteroatoms. The standard InChI is InChI=1S/C16H22ClN3/c1-4-6-18-16(11-15-5-7-20(3)19-15)13-8-12(2)9-14(17)10-13/h5,7-10,16,18H,4,6,11H2,1-3H3. The summed E-state index contributed by atoms with van der Waals surface area (Å²) in [4.78, 5) is 0. The van der Waals surface area contributed by atoms with E-state index in [0.717, 1.165) is 30.1 Å². The number of halogens is 1. The Morgan fingerprint density at radius 2 is 2.15 bits per heavy atom. The van der Waals surface area contributed by atoms with Crippen molar-refractivity contribution in [2.24, 2.45) is 7.05 Å². The van der Waals surface area contributed by atoms with Gasteiger partial charge in [-0.05, 0) is 49.2 Å². The van der Waals surface area contributed by atoms with E-state index < -0.39 is 0 Å². The zero-order valence-electron chi connectivity index (χ0n) is 12.4. The van der Waals surface area contributed by atoms with Crippen molar-refractivity contribution < 1.29 is 0 Å². The minimum Gasteiger partial charge on any atom is -0.310 e. The van der Waals surface area contributed by atoms with Crippen molar-refractivity contribution in [3.05, 3.63) is 52.3 Å². The lowest BCUT2D eigenvalue weighted by atomic mass is 10.00. The molecule has 0 radical (unpaired) electrons. The predicted molar refractivity (Wildman–Crippen MR) is 84.1 cm³/mol. The summed E-state index contributed by atoms with van der Waals surface area (Å²) in [5.41, 5.74) is 3.52. The van der Waals surface area contributed by atoms with Crippen molar-refractivity contribution in [1.82, 2.24) is 15.1 Å². The second kappa shape index (κ2) is 6.91. The van der Waals surface area contributed by atoms with Gasteiger partial charge in [0.1, 0.15) is 0 Å². The molecule has 1 aromatic carbocycles. The normalized spacial score (nSPS) is 12.6. The molecule has 0 fully saturated rings. The topological polar surface area (TPSA) is 29.9 Å². The number of hydrogen-bond donors (Lipinski definition) is 1. The van der Waals surface area contributed by atoms with Gasteiger partial charge < -0.3 is 5.32 Å². The molecular weight excluding hydrogens is 270 g/mol. The Balaban J connectivity index is 2.21. The zero-order chi connectivity index (χ0) is 14.5. The van der Waals surface area contributed by atoms with E-state index in [1.807, 2.05) is 30.1 Å².